The average Bonchev–Trinajstić information content (AvgIpc) is 2.43. The highest BCUT2D eigenvalue weighted by Gasteiger charge is 2.30. The molecule has 0 heterocycles. The van der Waals surface area contributed by atoms with E-state index in [1.54, 1.807) is 0 Å². The summed E-state index contributed by atoms with van der Waals surface area (Å²) in [6, 6.07) is 15.0. The summed E-state index contributed by atoms with van der Waals surface area (Å²) in [4.78, 5) is 0. The first-order valence-corrected chi connectivity index (χ1v) is 7.23. The molecule has 1 unspecified atom stereocenters. The Kier molecular flexibility index (Phi) is 4.01. The quantitative estimate of drug-likeness (QED) is 0.865. The smallest absolute Gasteiger partial charge is 0.0390 e. The van der Waals surface area contributed by atoms with Crippen molar-refractivity contribution in [3.8, 4) is 0 Å². The van der Waals surface area contributed by atoms with E-state index >= 15 is 0 Å². The molecular weight excluding hydrogens is 242 g/mol. The summed E-state index contributed by atoms with van der Waals surface area (Å²) in [7, 11) is 0. The lowest BCUT2D eigenvalue weighted by molar-refractivity contribution is 0.419. The molecule has 2 rings (SSSR count). The van der Waals surface area contributed by atoms with Crippen LogP contribution in [0.2, 0.25) is 0 Å². The van der Waals surface area contributed by atoms with E-state index in [2.05, 4.69) is 71.0 Å². The van der Waals surface area contributed by atoms with Crippen LogP contribution in [0.1, 0.15) is 47.7 Å². The Morgan fingerprint density at radius 3 is 2.00 bits per heavy atom. The molecule has 0 aliphatic rings. The van der Waals surface area contributed by atoms with E-state index < -0.39 is 0 Å². The molecule has 20 heavy (non-hydrogen) atoms. The fraction of sp³-hybridized carbons (Fsp3) is 0.368. The zero-order valence-electron chi connectivity index (χ0n) is 13.2. The van der Waals surface area contributed by atoms with Crippen LogP contribution in [0.3, 0.4) is 0 Å². The Morgan fingerprint density at radius 2 is 1.40 bits per heavy atom. The van der Waals surface area contributed by atoms with Gasteiger partial charge in [0, 0.05) is 11.5 Å². The monoisotopic (exact) mass is 267 g/mol. The van der Waals surface area contributed by atoms with Gasteiger partial charge in [-0.05, 0) is 48.6 Å². The molecular formula is C19H25N. The molecule has 2 aromatic rings. The van der Waals surface area contributed by atoms with Gasteiger partial charge in [0.1, 0.15) is 0 Å². The van der Waals surface area contributed by atoms with Crippen molar-refractivity contribution in [3.63, 3.8) is 0 Å². The molecule has 0 saturated carbocycles. The van der Waals surface area contributed by atoms with Gasteiger partial charge in [-0.3, -0.25) is 0 Å². The number of nitrogens with two attached hydrogens (primary N) is 1. The van der Waals surface area contributed by atoms with E-state index in [9.17, 15) is 0 Å². The van der Waals surface area contributed by atoms with Gasteiger partial charge in [-0.25, -0.2) is 0 Å². The highest BCUT2D eigenvalue weighted by molar-refractivity contribution is 5.41. The first kappa shape index (κ1) is 14.8. The third kappa shape index (κ3) is 2.64. The molecule has 1 nitrogen and oxygen atoms in total. The molecule has 0 aliphatic heterocycles. The minimum absolute atomic E-state index is 0.0100. The lowest BCUT2D eigenvalue weighted by atomic mass is 9.74. The molecule has 0 fully saturated rings. The van der Waals surface area contributed by atoms with Crippen molar-refractivity contribution in [1.82, 2.24) is 0 Å². The van der Waals surface area contributed by atoms with Crippen molar-refractivity contribution in [3.05, 3.63) is 70.3 Å². The zero-order chi connectivity index (χ0) is 14.9. The fourth-order valence-electron chi connectivity index (χ4n) is 2.75. The number of hydrogen-bond acceptors (Lipinski definition) is 1. The largest absolute Gasteiger partial charge is 0.323 e. The predicted molar refractivity (Wildman–Crippen MR) is 87.0 cm³/mol. The first-order valence-electron chi connectivity index (χ1n) is 7.23. The fourth-order valence-corrected chi connectivity index (χ4v) is 2.75. The third-order valence-electron chi connectivity index (χ3n) is 4.51. The summed E-state index contributed by atoms with van der Waals surface area (Å²) in [5, 5.41) is 0. The van der Waals surface area contributed by atoms with E-state index in [4.69, 9.17) is 5.73 Å². The van der Waals surface area contributed by atoms with Crippen LogP contribution >= 0.6 is 0 Å². The Hall–Kier alpha value is -1.60. The molecule has 106 valence electrons. The zero-order valence-corrected chi connectivity index (χ0v) is 13.2. The van der Waals surface area contributed by atoms with E-state index in [0.717, 1.165) is 0 Å². The van der Waals surface area contributed by atoms with Crippen molar-refractivity contribution in [1.29, 1.82) is 0 Å². The standard InChI is InChI=1S/C19H25N/c1-13-11-15(3)17(12-14(13)2)18(20)19(4,5)16-9-7-6-8-10-16/h6-12,18H,20H2,1-5H3. The van der Waals surface area contributed by atoms with Crippen LogP contribution in [-0.2, 0) is 5.41 Å². The molecule has 0 aromatic heterocycles. The second-order valence-electron chi connectivity index (χ2n) is 6.36. The number of benzene rings is 2. The van der Waals surface area contributed by atoms with Crippen LogP contribution in [0, 0.1) is 20.8 Å². The van der Waals surface area contributed by atoms with Crippen molar-refractivity contribution in [2.24, 2.45) is 5.73 Å². The van der Waals surface area contributed by atoms with E-state index in [-0.39, 0.29) is 11.5 Å². The Balaban J connectivity index is 2.45. The van der Waals surface area contributed by atoms with Crippen LogP contribution in [0.4, 0.5) is 0 Å². The minimum Gasteiger partial charge on any atom is -0.323 e. The van der Waals surface area contributed by atoms with E-state index in [1.165, 1.54) is 27.8 Å². The Labute approximate surface area is 122 Å². The lowest BCUT2D eigenvalue weighted by Gasteiger charge is -2.34. The summed E-state index contributed by atoms with van der Waals surface area (Å²) in [5.74, 6) is 0. The van der Waals surface area contributed by atoms with Crippen LogP contribution < -0.4 is 5.73 Å². The summed E-state index contributed by atoms with van der Waals surface area (Å²) in [5.41, 5.74) is 13.0. The van der Waals surface area contributed by atoms with Crippen LogP contribution in [0.25, 0.3) is 0 Å². The molecule has 2 N–H and O–H groups in total. The first-order chi connectivity index (χ1) is 9.34. The van der Waals surface area contributed by atoms with Gasteiger partial charge in [0.05, 0.1) is 0 Å². The van der Waals surface area contributed by atoms with Gasteiger partial charge in [-0.1, -0.05) is 56.3 Å². The molecule has 1 atom stereocenters. The summed E-state index contributed by atoms with van der Waals surface area (Å²) < 4.78 is 0. The molecule has 0 amide bonds. The van der Waals surface area contributed by atoms with Gasteiger partial charge in [-0.15, -0.1) is 0 Å². The molecule has 0 spiro atoms. The van der Waals surface area contributed by atoms with Gasteiger partial charge in [-0.2, -0.15) is 0 Å². The SMILES string of the molecule is Cc1cc(C)c(C(N)C(C)(C)c2ccccc2)cc1C. The summed E-state index contributed by atoms with van der Waals surface area (Å²) >= 11 is 0. The van der Waals surface area contributed by atoms with Gasteiger partial charge in [0.25, 0.3) is 0 Å². The van der Waals surface area contributed by atoms with Gasteiger partial charge in [0.2, 0.25) is 0 Å². The number of hydrogen-bond donors (Lipinski definition) is 1. The minimum atomic E-state index is -0.0896. The van der Waals surface area contributed by atoms with E-state index in [0.29, 0.717) is 0 Å². The average molecular weight is 267 g/mol. The third-order valence-corrected chi connectivity index (χ3v) is 4.51. The molecule has 0 aliphatic carbocycles. The van der Waals surface area contributed by atoms with Crippen molar-refractivity contribution < 1.29 is 0 Å². The van der Waals surface area contributed by atoms with Crippen LogP contribution in [0.15, 0.2) is 42.5 Å². The van der Waals surface area contributed by atoms with Gasteiger partial charge >= 0.3 is 0 Å². The molecule has 0 radical (unpaired) electrons. The second kappa shape index (κ2) is 5.41. The van der Waals surface area contributed by atoms with Gasteiger partial charge in [0.15, 0.2) is 0 Å². The number of rotatable bonds is 3. The molecule has 0 bridgehead atoms. The number of aryl methyl sites for hydroxylation is 3. The second-order valence-corrected chi connectivity index (χ2v) is 6.36. The van der Waals surface area contributed by atoms with Crippen molar-refractivity contribution in [2.75, 3.05) is 0 Å². The lowest BCUT2D eigenvalue weighted by Crippen LogP contribution is -2.33. The topological polar surface area (TPSA) is 26.0 Å². The molecule has 1 heteroatoms. The Bertz CT molecular complexity index is 597. The maximum absolute atomic E-state index is 6.62. The van der Waals surface area contributed by atoms with E-state index in [1.807, 2.05) is 6.07 Å². The van der Waals surface area contributed by atoms with Crippen LogP contribution in [0.5, 0.6) is 0 Å². The molecule has 0 saturated heterocycles. The predicted octanol–water partition coefficient (Wildman–Crippen LogP) is 4.59. The van der Waals surface area contributed by atoms with Crippen molar-refractivity contribution in [2.45, 2.75) is 46.1 Å². The highest BCUT2D eigenvalue weighted by atomic mass is 14.7. The summed E-state index contributed by atoms with van der Waals surface area (Å²) in [6.07, 6.45) is 0. The Morgan fingerprint density at radius 1 is 0.850 bits per heavy atom. The highest BCUT2D eigenvalue weighted by Crippen LogP contribution is 2.36. The summed E-state index contributed by atoms with van der Waals surface area (Å²) in [6.45, 7) is 10.9. The van der Waals surface area contributed by atoms with Gasteiger partial charge < -0.3 is 5.73 Å². The van der Waals surface area contributed by atoms with Crippen molar-refractivity contribution >= 4 is 0 Å². The molecule has 2 aromatic carbocycles. The maximum Gasteiger partial charge on any atom is 0.0390 e. The normalized spacial score (nSPS) is 13.3. The van der Waals surface area contributed by atoms with Crippen LogP contribution in [-0.4, -0.2) is 0 Å². The maximum atomic E-state index is 6.62.